The predicted molar refractivity (Wildman–Crippen MR) is 181 cm³/mol. The van der Waals surface area contributed by atoms with Gasteiger partial charge in [0.2, 0.25) is 15.0 Å². The van der Waals surface area contributed by atoms with Crippen molar-refractivity contribution in [3.63, 3.8) is 0 Å². The molecule has 4 aromatic rings. The number of hydrogen-bond acceptors (Lipinski definition) is 10. The standard InChI is InChI=1S/C37H39N5O5S/c1-26-29-14-15-33(42(22-27-10-5-3-6-11-27)23-28-12-7-4-8-13-28)30(21-38)34(29)37(25-46-26)20-32-31(24-47-37)35(40-36(39-32)48(2,43)44)41-16-9-18-45-19-17-41/h3-8,10-15,26H,9,16-20,22-25H2,1-2H3/t26-,37+/m0/s1. The van der Waals surface area contributed by atoms with Gasteiger partial charge < -0.3 is 24.0 Å². The number of nitrogens with zero attached hydrogens (tertiary/aromatic N) is 5. The Kier molecular flexibility index (Phi) is 8.92. The molecule has 3 aliphatic heterocycles. The van der Waals surface area contributed by atoms with Crippen molar-refractivity contribution >= 4 is 21.3 Å². The largest absolute Gasteiger partial charge is 0.380 e. The van der Waals surface area contributed by atoms with Gasteiger partial charge in [-0.3, -0.25) is 0 Å². The van der Waals surface area contributed by atoms with E-state index in [-0.39, 0.29) is 30.9 Å². The van der Waals surface area contributed by atoms with E-state index in [1.165, 1.54) is 0 Å². The van der Waals surface area contributed by atoms with E-state index in [4.69, 9.17) is 14.2 Å². The number of sulfone groups is 1. The zero-order chi connectivity index (χ0) is 33.3. The second-order valence-electron chi connectivity index (χ2n) is 12.8. The third-order valence-electron chi connectivity index (χ3n) is 9.41. The maximum absolute atomic E-state index is 12.9. The first-order chi connectivity index (χ1) is 23.3. The Bertz CT molecular complexity index is 1900. The van der Waals surface area contributed by atoms with Gasteiger partial charge in [0, 0.05) is 56.6 Å². The molecule has 2 atom stereocenters. The van der Waals surface area contributed by atoms with Crippen LogP contribution in [0.5, 0.6) is 0 Å². The maximum atomic E-state index is 12.9. The highest BCUT2D eigenvalue weighted by Gasteiger charge is 2.47. The molecule has 1 saturated heterocycles. The SMILES string of the molecule is C[C@@H]1OC[C@]2(Cc3nc(S(C)(=O)=O)nc(N4CCCOCC4)c3CO2)c2c1ccc(N(Cc1ccccc1)Cc1ccccc1)c2C#N. The van der Waals surface area contributed by atoms with Crippen LogP contribution in [0.2, 0.25) is 0 Å². The average molecular weight is 666 g/mol. The summed E-state index contributed by atoms with van der Waals surface area (Å²) in [6.45, 7) is 5.95. The first kappa shape index (κ1) is 32.2. The summed E-state index contributed by atoms with van der Waals surface area (Å²) in [7, 11) is -3.72. The van der Waals surface area contributed by atoms with Crippen LogP contribution in [0.15, 0.2) is 78.0 Å². The average Bonchev–Trinajstić information content (AvgIpc) is 3.39. The molecule has 0 saturated carbocycles. The van der Waals surface area contributed by atoms with E-state index in [1.807, 2.05) is 55.5 Å². The number of rotatable bonds is 7. The van der Waals surface area contributed by atoms with Gasteiger partial charge in [0.05, 0.1) is 42.9 Å². The quantitative estimate of drug-likeness (QED) is 0.243. The van der Waals surface area contributed by atoms with Crippen LogP contribution < -0.4 is 9.80 Å². The molecule has 0 amide bonds. The first-order valence-electron chi connectivity index (χ1n) is 16.3. The van der Waals surface area contributed by atoms with Gasteiger partial charge in [-0.25, -0.2) is 18.4 Å². The Morgan fingerprint density at radius 1 is 0.979 bits per heavy atom. The molecule has 1 aromatic heterocycles. The lowest BCUT2D eigenvalue weighted by Gasteiger charge is -2.45. The molecule has 10 nitrogen and oxygen atoms in total. The molecule has 3 aliphatic rings. The summed E-state index contributed by atoms with van der Waals surface area (Å²) >= 11 is 0. The minimum Gasteiger partial charge on any atom is -0.380 e. The summed E-state index contributed by atoms with van der Waals surface area (Å²) in [5, 5.41) is 10.7. The van der Waals surface area contributed by atoms with Crippen LogP contribution in [-0.2, 0) is 55.8 Å². The maximum Gasteiger partial charge on any atom is 0.249 e. The van der Waals surface area contributed by atoms with Crippen molar-refractivity contribution in [2.24, 2.45) is 0 Å². The summed E-state index contributed by atoms with van der Waals surface area (Å²) in [6.07, 6.45) is 1.90. The monoisotopic (exact) mass is 665 g/mol. The van der Waals surface area contributed by atoms with Gasteiger partial charge in [-0.1, -0.05) is 66.7 Å². The number of aromatic nitrogens is 2. The van der Waals surface area contributed by atoms with Gasteiger partial charge in [-0.2, -0.15) is 5.26 Å². The van der Waals surface area contributed by atoms with Crippen molar-refractivity contribution in [1.82, 2.24) is 9.97 Å². The fourth-order valence-corrected chi connectivity index (χ4v) is 7.56. The molecule has 248 valence electrons. The molecule has 3 aromatic carbocycles. The summed E-state index contributed by atoms with van der Waals surface area (Å²) in [5.74, 6) is 0.567. The van der Waals surface area contributed by atoms with Crippen molar-refractivity contribution in [3.05, 3.63) is 112 Å². The minimum atomic E-state index is -3.72. The fraction of sp³-hybridized carbons (Fsp3) is 0.378. The zero-order valence-corrected chi connectivity index (χ0v) is 28.1. The van der Waals surface area contributed by atoms with Gasteiger partial charge in [0.1, 0.15) is 17.5 Å². The molecular formula is C37H39N5O5S. The van der Waals surface area contributed by atoms with Gasteiger partial charge in [-0.05, 0) is 36.1 Å². The van der Waals surface area contributed by atoms with E-state index in [1.54, 1.807) is 0 Å². The molecule has 0 radical (unpaired) electrons. The normalized spacial score (nSPS) is 20.8. The van der Waals surface area contributed by atoms with Gasteiger partial charge in [-0.15, -0.1) is 0 Å². The number of ether oxygens (including phenoxy) is 3. The topological polar surface area (TPSA) is 118 Å². The highest BCUT2D eigenvalue weighted by atomic mass is 32.2. The van der Waals surface area contributed by atoms with Crippen molar-refractivity contribution in [2.75, 3.05) is 49.0 Å². The Balaban J connectivity index is 1.36. The molecular weight excluding hydrogens is 627 g/mol. The van der Waals surface area contributed by atoms with Crippen LogP contribution in [0.25, 0.3) is 0 Å². The fourth-order valence-electron chi connectivity index (χ4n) is 7.03. The Labute approximate surface area is 281 Å². The highest BCUT2D eigenvalue weighted by molar-refractivity contribution is 7.90. The smallest absolute Gasteiger partial charge is 0.249 e. The number of benzene rings is 3. The van der Waals surface area contributed by atoms with Crippen molar-refractivity contribution in [3.8, 4) is 6.07 Å². The summed E-state index contributed by atoms with van der Waals surface area (Å²) in [5.41, 5.74) is 5.55. The molecule has 11 heteroatoms. The molecule has 4 heterocycles. The van der Waals surface area contributed by atoms with Crippen molar-refractivity contribution in [2.45, 2.75) is 56.3 Å². The van der Waals surface area contributed by atoms with Crippen LogP contribution in [0.3, 0.4) is 0 Å². The van der Waals surface area contributed by atoms with Gasteiger partial charge in [0.15, 0.2) is 0 Å². The van der Waals surface area contributed by atoms with E-state index in [2.05, 4.69) is 50.1 Å². The number of hydrogen-bond donors (Lipinski definition) is 0. The molecule has 48 heavy (non-hydrogen) atoms. The summed E-state index contributed by atoms with van der Waals surface area (Å²) in [6, 6.07) is 27.1. The molecule has 0 N–H and O–H groups in total. The van der Waals surface area contributed by atoms with Crippen molar-refractivity contribution < 1.29 is 22.6 Å². The van der Waals surface area contributed by atoms with Crippen LogP contribution in [0.1, 0.15) is 58.5 Å². The molecule has 0 unspecified atom stereocenters. The minimum absolute atomic E-state index is 0.149. The lowest BCUT2D eigenvalue weighted by molar-refractivity contribution is -0.148. The van der Waals surface area contributed by atoms with E-state index < -0.39 is 15.4 Å². The number of anilines is 2. The van der Waals surface area contributed by atoms with E-state index in [0.29, 0.717) is 56.5 Å². The Morgan fingerprint density at radius 3 is 2.35 bits per heavy atom. The van der Waals surface area contributed by atoms with E-state index in [9.17, 15) is 13.7 Å². The van der Waals surface area contributed by atoms with Crippen LogP contribution in [0, 0.1) is 11.3 Å². The molecule has 0 aliphatic carbocycles. The third kappa shape index (κ3) is 6.29. The van der Waals surface area contributed by atoms with Crippen LogP contribution in [0.4, 0.5) is 11.5 Å². The summed E-state index contributed by atoms with van der Waals surface area (Å²) < 4.78 is 44.6. The zero-order valence-electron chi connectivity index (χ0n) is 27.3. The number of nitriles is 1. The highest BCUT2D eigenvalue weighted by Crippen LogP contribution is 2.48. The predicted octanol–water partition coefficient (Wildman–Crippen LogP) is 5.24. The van der Waals surface area contributed by atoms with Gasteiger partial charge >= 0.3 is 0 Å². The summed E-state index contributed by atoms with van der Waals surface area (Å²) in [4.78, 5) is 13.5. The van der Waals surface area contributed by atoms with Crippen LogP contribution >= 0.6 is 0 Å². The lowest BCUT2D eigenvalue weighted by Crippen LogP contribution is -2.46. The first-order valence-corrected chi connectivity index (χ1v) is 18.2. The molecule has 1 fully saturated rings. The van der Waals surface area contributed by atoms with E-state index in [0.717, 1.165) is 46.2 Å². The van der Waals surface area contributed by atoms with Gasteiger partial charge in [0.25, 0.3) is 0 Å². The Hall–Kier alpha value is -4.34. The third-order valence-corrected chi connectivity index (χ3v) is 10.3. The van der Waals surface area contributed by atoms with Crippen molar-refractivity contribution in [1.29, 1.82) is 5.26 Å². The second kappa shape index (κ2) is 13.3. The molecule has 7 rings (SSSR count). The van der Waals surface area contributed by atoms with Crippen LogP contribution in [-0.4, -0.2) is 57.6 Å². The lowest BCUT2D eigenvalue weighted by atomic mass is 9.77. The molecule has 1 spiro atoms. The second-order valence-corrected chi connectivity index (χ2v) is 14.7. The number of fused-ring (bicyclic) bond motifs is 3. The Morgan fingerprint density at radius 2 is 1.69 bits per heavy atom. The molecule has 0 bridgehead atoms. The van der Waals surface area contributed by atoms with E-state index >= 15 is 0 Å².